The molecule has 1 aromatic rings. The molecule has 0 radical (unpaired) electrons. The smallest absolute Gasteiger partial charge is 0.260 e. The Kier molecular flexibility index (Phi) is 6.90. The van der Waals surface area contributed by atoms with E-state index in [4.69, 9.17) is 4.74 Å². The molecule has 0 aliphatic rings. The fourth-order valence-corrected chi connectivity index (χ4v) is 2.66. The third-order valence-corrected chi connectivity index (χ3v) is 3.86. The molecule has 1 rings (SSSR count). The molecule has 1 aromatic heterocycles. The van der Waals surface area contributed by atoms with Crippen molar-refractivity contribution in [1.29, 1.82) is 0 Å². The van der Waals surface area contributed by atoms with Crippen molar-refractivity contribution in [1.82, 2.24) is 9.71 Å². The van der Waals surface area contributed by atoms with Crippen LogP contribution in [0.3, 0.4) is 0 Å². The van der Waals surface area contributed by atoms with Gasteiger partial charge in [0.05, 0.1) is 18.4 Å². The van der Waals surface area contributed by atoms with E-state index in [0.29, 0.717) is 18.8 Å². The number of hydrogen-bond donors (Lipinski definition) is 2. The highest BCUT2D eigenvalue weighted by molar-refractivity contribution is 7.89. The molecular formula is C13H23N3O3S. The standard InChI is InChI=1S/C13H23N3O3S/c1-4-7-14-12-6-5-8-15-13(12)20(17,18)16-9-10-19-11(2)3/h5-6,8,11,14,16H,4,7,9-10H2,1-3H3. The summed E-state index contributed by atoms with van der Waals surface area (Å²) in [6.45, 7) is 7.08. The quantitative estimate of drug-likeness (QED) is 0.677. The number of nitrogens with zero attached hydrogens (tertiary/aromatic N) is 1. The Hall–Kier alpha value is -1.18. The molecule has 2 N–H and O–H groups in total. The van der Waals surface area contributed by atoms with Crippen LogP contribution in [-0.2, 0) is 14.8 Å². The molecule has 0 atom stereocenters. The molecule has 7 heteroatoms. The van der Waals surface area contributed by atoms with Gasteiger partial charge >= 0.3 is 0 Å². The summed E-state index contributed by atoms with van der Waals surface area (Å²) in [6.07, 6.45) is 2.46. The van der Waals surface area contributed by atoms with Gasteiger partial charge < -0.3 is 10.1 Å². The predicted octanol–water partition coefficient (Wildman–Crippen LogP) is 1.61. The Balaban J connectivity index is 2.71. The topological polar surface area (TPSA) is 80.3 Å². The van der Waals surface area contributed by atoms with Crippen molar-refractivity contribution in [2.24, 2.45) is 0 Å². The zero-order chi connectivity index (χ0) is 15.0. The van der Waals surface area contributed by atoms with E-state index in [1.54, 1.807) is 12.1 Å². The molecule has 0 aliphatic heterocycles. The number of nitrogens with one attached hydrogen (secondary N) is 2. The van der Waals surface area contributed by atoms with Crippen LogP contribution in [0.2, 0.25) is 0 Å². The molecule has 0 saturated carbocycles. The zero-order valence-corrected chi connectivity index (χ0v) is 13.0. The van der Waals surface area contributed by atoms with Gasteiger partial charge in [-0.05, 0) is 32.4 Å². The monoisotopic (exact) mass is 301 g/mol. The minimum atomic E-state index is -3.62. The highest BCUT2D eigenvalue weighted by Gasteiger charge is 2.19. The van der Waals surface area contributed by atoms with Gasteiger partial charge in [-0.3, -0.25) is 0 Å². The van der Waals surface area contributed by atoms with Crippen LogP contribution >= 0.6 is 0 Å². The maximum Gasteiger partial charge on any atom is 0.260 e. The first-order valence-corrected chi connectivity index (χ1v) is 8.26. The summed E-state index contributed by atoms with van der Waals surface area (Å²) in [5.41, 5.74) is 0.520. The van der Waals surface area contributed by atoms with E-state index >= 15 is 0 Å². The fourth-order valence-electron chi connectivity index (χ4n) is 1.54. The second-order valence-electron chi connectivity index (χ2n) is 4.60. The minimum absolute atomic E-state index is 0.0259. The van der Waals surface area contributed by atoms with Crippen LogP contribution in [-0.4, -0.2) is 39.2 Å². The molecule has 0 fully saturated rings. The van der Waals surface area contributed by atoms with Gasteiger partial charge in [0.1, 0.15) is 0 Å². The van der Waals surface area contributed by atoms with E-state index in [1.165, 1.54) is 6.20 Å². The number of pyridine rings is 1. The zero-order valence-electron chi connectivity index (χ0n) is 12.2. The Morgan fingerprint density at radius 1 is 1.35 bits per heavy atom. The van der Waals surface area contributed by atoms with Crippen LogP contribution in [0.5, 0.6) is 0 Å². The number of aromatic nitrogens is 1. The van der Waals surface area contributed by atoms with Crippen molar-refractivity contribution >= 4 is 15.7 Å². The lowest BCUT2D eigenvalue weighted by Gasteiger charge is -2.12. The summed E-state index contributed by atoms with van der Waals surface area (Å²) >= 11 is 0. The van der Waals surface area contributed by atoms with Gasteiger partial charge in [0.25, 0.3) is 10.0 Å². The average Bonchev–Trinajstić information content (AvgIpc) is 2.41. The van der Waals surface area contributed by atoms with E-state index in [9.17, 15) is 8.42 Å². The number of anilines is 1. The third-order valence-electron chi connectivity index (χ3n) is 2.44. The maximum atomic E-state index is 12.2. The van der Waals surface area contributed by atoms with Crippen LogP contribution in [0.25, 0.3) is 0 Å². The normalized spacial score (nSPS) is 11.8. The highest BCUT2D eigenvalue weighted by Crippen LogP contribution is 2.17. The molecule has 0 aromatic carbocycles. The second-order valence-corrected chi connectivity index (χ2v) is 6.28. The van der Waals surface area contributed by atoms with E-state index in [-0.39, 0.29) is 17.7 Å². The van der Waals surface area contributed by atoms with Gasteiger partial charge in [-0.25, -0.2) is 18.1 Å². The van der Waals surface area contributed by atoms with Crippen LogP contribution < -0.4 is 10.0 Å². The Morgan fingerprint density at radius 2 is 2.10 bits per heavy atom. The molecule has 20 heavy (non-hydrogen) atoms. The lowest BCUT2D eigenvalue weighted by molar-refractivity contribution is 0.0834. The van der Waals surface area contributed by atoms with Gasteiger partial charge in [-0.2, -0.15) is 0 Å². The largest absolute Gasteiger partial charge is 0.383 e. The Bertz CT molecular complexity index is 503. The Morgan fingerprint density at radius 3 is 2.75 bits per heavy atom. The SMILES string of the molecule is CCCNc1cccnc1S(=O)(=O)NCCOC(C)C. The van der Waals surface area contributed by atoms with Crippen molar-refractivity contribution < 1.29 is 13.2 Å². The first-order valence-electron chi connectivity index (χ1n) is 6.77. The summed E-state index contributed by atoms with van der Waals surface area (Å²) in [6, 6.07) is 3.42. The molecule has 0 amide bonds. The summed E-state index contributed by atoms with van der Waals surface area (Å²) in [4.78, 5) is 3.96. The first-order chi connectivity index (χ1) is 9.47. The molecule has 0 aliphatic carbocycles. The van der Waals surface area contributed by atoms with Gasteiger partial charge in [0.15, 0.2) is 5.03 Å². The number of ether oxygens (including phenoxy) is 1. The summed E-state index contributed by atoms with van der Waals surface area (Å²) in [5.74, 6) is 0. The van der Waals surface area contributed by atoms with Crippen molar-refractivity contribution in [3.05, 3.63) is 18.3 Å². The molecular weight excluding hydrogens is 278 g/mol. The molecule has 6 nitrogen and oxygen atoms in total. The van der Waals surface area contributed by atoms with Gasteiger partial charge in [0.2, 0.25) is 0 Å². The molecule has 0 bridgehead atoms. The molecule has 114 valence electrons. The molecule has 1 heterocycles. The molecule has 0 saturated heterocycles. The average molecular weight is 301 g/mol. The second kappa shape index (κ2) is 8.18. The van der Waals surface area contributed by atoms with E-state index < -0.39 is 10.0 Å². The van der Waals surface area contributed by atoms with Crippen molar-refractivity contribution in [2.45, 2.75) is 38.3 Å². The summed E-state index contributed by atoms with van der Waals surface area (Å²) < 4.78 is 32.2. The minimum Gasteiger partial charge on any atom is -0.383 e. The van der Waals surface area contributed by atoms with Gasteiger partial charge in [-0.15, -0.1) is 0 Å². The van der Waals surface area contributed by atoms with Crippen molar-refractivity contribution in [3.8, 4) is 0 Å². The van der Waals surface area contributed by atoms with Crippen LogP contribution in [0, 0.1) is 0 Å². The van der Waals surface area contributed by atoms with Crippen LogP contribution in [0.4, 0.5) is 5.69 Å². The Labute approximate surface area is 121 Å². The third kappa shape index (κ3) is 5.44. The van der Waals surface area contributed by atoms with Crippen molar-refractivity contribution in [3.63, 3.8) is 0 Å². The lowest BCUT2D eigenvalue weighted by atomic mass is 10.4. The summed E-state index contributed by atoms with van der Waals surface area (Å²) in [5, 5.41) is 3.09. The van der Waals surface area contributed by atoms with Gasteiger partial charge in [-0.1, -0.05) is 6.92 Å². The van der Waals surface area contributed by atoms with E-state index in [1.807, 2.05) is 20.8 Å². The molecule has 0 spiro atoms. The van der Waals surface area contributed by atoms with Crippen molar-refractivity contribution in [2.75, 3.05) is 25.0 Å². The molecule has 0 unspecified atom stereocenters. The lowest BCUT2D eigenvalue weighted by Crippen LogP contribution is -2.29. The van der Waals surface area contributed by atoms with Gasteiger partial charge in [0, 0.05) is 19.3 Å². The number of hydrogen-bond acceptors (Lipinski definition) is 5. The number of sulfonamides is 1. The maximum absolute atomic E-state index is 12.2. The fraction of sp³-hybridized carbons (Fsp3) is 0.615. The van der Waals surface area contributed by atoms with E-state index in [2.05, 4.69) is 15.0 Å². The number of rotatable bonds is 9. The highest BCUT2D eigenvalue weighted by atomic mass is 32.2. The first kappa shape index (κ1) is 16.9. The van der Waals surface area contributed by atoms with Crippen LogP contribution in [0.1, 0.15) is 27.2 Å². The summed E-state index contributed by atoms with van der Waals surface area (Å²) in [7, 11) is -3.62. The van der Waals surface area contributed by atoms with E-state index in [0.717, 1.165) is 6.42 Å². The van der Waals surface area contributed by atoms with Crippen LogP contribution in [0.15, 0.2) is 23.4 Å². The predicted molar refractivity (Wildman–Crippen MR) is 79.3 cm³/mol.